The summed E-state index contributed by atoms with van der Waals surface area (Å²) >= 11 is 1.58. The Kier molecular flexibility index (Phi) is 8.18. The average Bonchev–Trinajstić information content (AvgIpc) is 3.34. The van der Waals surface area contributed by atoms with E-state index in [-0.39, 0.29) is 31.1 Å². The molecule has 1 aliphatic heterocycles. The van der Waals surface area contributed by atoms with E-state index in [1.807, 2.05) is 103 Å². The van der Waals surface area contributed by atoms with Gasteiger partial charge in [-0.1, -0.05) is 91.0 Å². The van der Waals surface area contributed by atoms with E-state index >= 15 is 0 Å². The highest BCUT2D eigenvalue weighted by atomic mass is 32.2. The Hall–Kier alpha value is -3.88. The first-order valence-electron chi connectivity index (χ1n) is 13.9. The van der Waals surface area contributed by atoms with Gasteiger partial charge in [0.05, 0.1) is 25.9 Å². The topological polar surface area (TPSA) is 74.2 Å². The van der Waals surface area contributed by atoms with Crippen molar-refractivity contribution in [2.75, 3.05) is 19.5 Å². The van der Waals surface area contributed by atoms with E-state index in [1.54, 1.807) is 23.9 Å². The van der Waals surface area contributed by atoms with Crippen molar-refractivity contribution in [2.24, 2.45) is 0 Å². The van der Waals surface area contributed by atoms with Crippen LogP contribution in [0.25, 0.3) is 0 Å². The van der Waals surface area contributed by atoms with Crippen LogP contribution in [0, 0.1) is 0 Å². The molecular weight excluding hydrogens is 548 g/mol. The van der Waals surface area contributed by atoms with Crippen LogP contribution in [0.15, 0.2) is 126 Å². The molecule has 1 heterocycles. The van der Waals surface area contributed by atoms with Crippen molar-refractivity contribution < 1.29 is 28.8 Å². The number of hydrogen-bond donors (Lipinski definition) is 1. The molecule has 0 radical (unpaired) electrons. The fourth-order valence-corrected chi connectivity index (χ4v) is 6.48. The van der Waals surface area contributed by atoms with Crippen molar-refractivity contribution in [3.63, 3.8) is 0 Å². The second-order valence-corrected chi connectivity index (χ2v) is 11.4. The lowest BCUT2D eigenvalue weighted by atomic mass is 9.66. The zero-order chi connectivity index (χ0) is 29.0. The van der Waals surface area contributed by atoms with E-state index < -0.39 is 23.1 Å². The predicted octanol–water partition coefficient (Wildman–Crippen LogP) is 6.54. The average molecular weight is 581 g/mol. The Morgan fingerprint density at radius 1 is 0.881 bits per heavy atom. The molecule has 0 saturated carbocycles. The first kappa shape index (κ1) is 28.2. The molecule has 4 aromatic carbocycles. The maximum Gasteiger partial charge on any atom is 0.220 e. The molecule has 6 rings (SSSR count). The number of aliphatic hydroxyl groups is 1. The molecule has 7 heteroatoms. The van der Waals surface area contributed by atoms with E-state index in [1.165, 1.54) is 7.11 Å². The summed E-state index contributed by atoms with van der Waals surface area (Å²) in [5.74, 6) is 0.476. The Morgan fingerprint density at radius 3 is 2.19 bits per heavy atom. The number of ketones is 1. The van der Waals surface area contributed by atoms with Gasteiger partial charge in [-0.05, 0) is 41.0 Å². The van der Waals surface area contributed by atoms with E-state index in [0.29, 0.717) is 17.1 Å². The number of carbonyl (C=O) groups excluding carboxylic acids is 1. The largest absolute Gasteiger partial charge is 0.496 e. The molecule has 1 fully saturated rings. The Morgan fingerprint density at radius 2 is 1.52 bits per heavy atom. The second-order valence-electron chi connectivity index (χ2n) is 10.3. The number of methoxy groups -OCH3 is 1. The van der Waals surface area contributed by atoms with Crippen molar-refractivity contribution in [3.8, 4) is 5.75 Å². The van der Waals surface area contributed by atoms with Crippen LogP contribution in [0.5, 0.6) is 5.75 Å². The summed E-state index contributed by atoms with van der Waals surface area (Å²) in [6, 6.07) is 34.8. The first-order valence-corrected chi connectivity index (χ1v) is 14.8. The van der Waals surface area contributed by atoms with Crippen molar-refractivity contribution in [1.29, 1.82) is 0 Å². The Bertz CT molecular complexity index is 1560. The second kappa shape index (κ2) is 12.2. The molecular formula is C35H32O6S. The third-order valence-electron chi connectivity index (χ3n) is 7.81. The summed E-state index contributed by atoms with van der Waals surface area (Å²) in [4.78, 5) is 15.6. The van der Waals surface area contributed by atoms with Crippen LogP contribution in [0.1, 0.15) is 33.2 Å². The van der Waals surface area contributed by atoms with E-state index in [9.17, 15) is 9.90 Å². The molecule has 214 valence electrons. The van der Waals surface area contributed by atoms with E-state index in [2.05, 4.69) is 0 Å². The minimum atomic E-state index is -2.15. The highest BCUT2D eigenvalue weighted by molar-refractivity contribution is 7.99. The minimum absolute atomic E-state index is 0.0694. The number of thioether (sulfide) groups is 1. The van der Waals surface area contributed by atoms with Gasteiger partial charge in [-0.25, -0.2) is 0 Å². The predicted molar refractivity (Wildman–Crippen MR) is 161 cm³/mol. The monoisotopic (exact) mass is 580 g/mol. The molecule has 42 heavy (non-hydrogen) atoms. The minimum Gasteiger partial charge on any atom is -0.496 e. The lowest BCUT2D eigenvalue weighted by Gasteiger charge is -2.47. The van der Waals surface area contributed by atoms with Crippen molar-refractivity contribution in [1.82, 2.24) is 0 Å². The number of Topliss-reactive ketones (excluding diaryl/α,β-unsaturated/α-hetero) is 1. The lowest BCUT2D eigenvalue weighted by Crippen LogP contribution is -2.65. The number of fused-ring (bicyclic) bond motifs is 2. The fourth-order valence-electron chi connectivity index (χ4n) is 5.71. The van der Waals surface area contributed by atoms with Gasteiger partial charge >= 0.3 is 0 Å². The highest BCUT2D eigenvalue weighted by Gasteiger charge is 2.72. The highest BCUT2D eigenvalue weighted by Crippen LogP contribution is 2.57. The molecule has 1 aliphatic carbocycles. The van der Waals surface area contributed by atoms with Gasteiger partial charge in [0.1, 0.15) is 24.2 Å². The van der Waals surface area contributed by atoms with Crippen LogP contribution >= 0.6 is 11.8 Å². The molecule has 1 saturated heterocycles. The smallest absolute Gasteiger partial charge is 0.220 e. The van der Waals surface area contributed by atoms with Crippen molar-refractivity contribution in [2.45, 2.75) is 35.4 Å². The SMILES string of the molecule is COc1cccc2c1C(=O)[C@@]1(O)/C(=C/CSc3ccccc3)OC[C@@]1(OCc1ccccc1)[C@@H]2OCc1ccccc1. The normalized spacial score (nSPS) is 23.7. The van der Waals surface area contributed by atoms with Gasteiger partial charge in [-0.2, -0.15) is 0 Å². The zero-order valence-corrected chi connectivity index (χ0v) is 24.1. The Balaban J connectivity index is 1.45. The number of hydrogen-bond acceptors (Lipinski definition) is 7. The van der Waals surface area contributed by atoms with Gasteiger partial charge in [-0.3, -0.25) is 4.79 Å². The van der Waals surface area contributed by atoms with Crippen LogP contribution in [-0.4, -0.2) is 41.6 Å². The third-order valence-corrected chi connectivity index (χ3v) is 8.75. The summed E-state index contributed by atoms with van der Waals surface area (Å²) in [7, 11) is 1.51. The number of rotatable bonds is 10. The molecule has 0 spiro atoms. The Labute approximate surface area is 249 Å². The van der Waals surface area contributed by atoms with Gasteiger partial charge < -0.3 is 24.1 Å². The van der Waals surface area contributed by atoms with Gasteiger partial charge in [0.15, 0.2) is 5.60 Å². The lowest BCUT2D eigenvalue weighted by molar-refractivity contribution is -0.214. The molecule has 6 nitrogen and oxygen atoms in total. The summed E-state index contributed by atoms with van der Waals surface area (Å²) in [5.41, 5.74) is -0.992. The molecule has 0 bridgehead atoms. The van der Waals surface area contributed by atoms with Crippen LogP contribution in [0.4, 0.5) is 0 Å². The fraction of sp³-hybridized carbons (Fsp3) is 0.229. The van der Waals surface area contributed by atoms with Gasteiger partial charge in [0.2, 0.25) is 11.4 Å². The molecule has 1 N–H and O–H groups in total. The summed E-state index contributed by atoms with van der Waals surface area (Å²) in [6.45, 7) is 0.322. The number of ether oxygens (including phenoxy) is 4. The maximum atomic E-state index is 14.5. The standard InChI is InChI=1S/C35H32O6S/c1-38-29-19-11-18-28-31(29)32(36)35(37)30(20-21-42-27-16-9-4-10-17-27)40-24-34(35,41-23-26-14-7-3-8-15-26)33(28)39-22-25-12-5-2-6-13-25/h2-20,33,37H,21-24H2,1H3/b30-20-/t33-,34-,35+/m1/s1. The van der Waals surface area contributed by atoms with Gasteiger partial charge in [-0.15, -0.1) is 11.8 Å². The van der Waals surface area contributed by atoms with Crippen LogP contribution in [0.2, 0.25) is 0 Å². The van der Waals surface area contributed by atoms with E-state index in [0.717, 1.165) is 16.0 Å². The molecule has 0 amide bonds. The summed E-state index contributed by atoms with van der Waals surface area (Å²) in [6.07, 6.45) is 0.930. The number of carbonyl (C=O) groups is 1. The van der Waals surface area contributed by atoms with Gasteiger partial charge in [0, 0.05) is 10.6 Å². The van der Waals surface area contributed by atoms with Crippen LogP contribution < -0.4 is 4.74 Å². The molecule has 3 atom stereocenters. The quantitative estimate of drug-likeness (QED) is 0.214. The zero-order valence-electron chi connectivity index (χ0n) is 23.3. The third kappa shape index (κ3) is 5.03. The molecule has 0 aromatic heterocycles. The van der Waals surface area contributed by atoms with Crippen LogP contribution in [-0.2, 0) is 27.4 Å². The van der Waals surface area contributed by atoms with E-state index in [4.69, 9.17) is 18.9 Å². The van der Waals surface area contributed by atoms with Gasteiger partial charge in [0.25, 0.3) is 0 Å². The molecule has 0 unspecified atom stereocenters. The summed E-state index contributed by atoms with van der Waals surface area (Å²) in [5, 5.41) is 12.7. The van der Waals surface area contributed by atoms with Crippen molar-refractivity contribution >= 4 is 17.5 Å². The first-order chi connectivity index (χ1) is 20.6. The summed E-state index contributed by atoms with van der Waals surface area (Å²) < 4.78 is 25.2. The molecule has 2 aliphatic rings. The maximum absolute atomic E-state index is 14.5. The number of benzene rings is 4. The molecule has 4 aromatic rings. The van der Waals surface area contributed by atoms with Crippen molar-refractivity contribution in [3.05, 3.63) is 143 Å². The van der Waals surface area contributed by atoms with Crippen LogP contribution in [0.3, 0.4) is 0 Å².